The molecule has 1 aromatic heterocycles. The average Bonchev–Trinajstić information content (AvgIpc) is 3.11. The maximum absolute atomic E-state index is 12.8. The van der Waals surface area contributed by atoms with Crippen molar-refractivity contribution in [3.63, 3.8) is 0 Å². The van der Waals surface area contributed by atoms with Gasteiger partial charge in [0.1, 0.15) is 31.7 Å². The standard InChI is InChI=1S/C38H27N3O8S2.2Na/c42-50(43,44)36(27-14-2-1-3-15-27)37(51(45,46)47)30-20-8-9-21-31(30)39-38-40-34(48-32-22-10-16-25-12-4-6-18-28(25)32)24-35(41-38)49-33-23-11-17-26-13-5-7-19-29(26)33;;/h1-24H,(H,39,40,41)(H,42,43,44)(H,45,46,47);;/q;2*+1/p-2. The summed E-state index contributed by atoms with van der Waals surface area (Å²) in [7, 11) is -11.1. The molecule has 0 saturated heterocycles. The van der Waals surface area contributed by atoms with Gasteiger partial charge in [0.15, 0.2) is 0 Å². The van der Waals surface area contributed by atoms with E-state index in [9.17, 15) is 25.9 Å². The van der Waals surface area contributed by atoms with E-state index in [1.165, 1.54) is 54.6 Å². The molecular formula is C38H25N3Na2O8S2. The molecule has 6 aromatic carbocycles. The Labute approximate surface area is 349 Å². The number of aromatic nitrogens is 2. The fourth-order valence-corrected chi connectivity index (χ4v) is 7.79. The molecule has 0 aliphatic rings. The molecular weight excluding hydrogens is 737 g/mol. The molecule has 254 valence electrons. The molecule has 0 spiro atoms. The van der Waals surface area contributed by atoms with E-state index in [1.807, 2.05) is 72.8 Å². The van der Waals surface area contributed by atoms with Crippen molar-refractivity contribution < 1.29 is 94.5 Å². The molecule has 0 atom stereocenters. The largest absolute Gasteiger partial charge is 1.00 e. The summed E-state index contributed by atoms with van der Waals surface area (Å²) in [4.78, 5) is 6.57. The fraction of sp³-hybridized carbons (Fsp3) is 0. The first kappa shape index (κ1) is 40.1. The number of rotatable bonds is 10. The number of para-hydroxylation sites is 1. The Morgan fingerprint density at radius 3 is 1.51 bits per heavy atom. The smallest absolute Gasteiger partial charge is 0.744 e. The predicted octanol–water partition coefficient (Wildman–Crippen LogP) is 2.04. The second kappa shape index (κ2) is 16.9. The molecule has 53 heavy (non-hydrogen) atoms. The van der Waals surface area contributed by atoms with Crippen molar-refractivity contribution in [1.29, 1.82) is 0 Å². The monoisotopic (exact) mass is 761 g/mol. The number of fused-ring (bicyclic) bond motifs is 2. The second-order valence-corrected chi connectivity index (χ2v) is 13.8. The zero-order chi connectivity index (χ0) is 35.6. The van der Waals surface area contributed by atoms with Gasteiger partial charge in [-0.2, -0.15) is 9.97 Å². The van der Waals surface area contributed by atoms with E-state index in [2.05, 4.69) is 15.3 Å². The van der Waals surface area contributed by atoms with Crippen molar-refractivity contribution in [2.45, 2.75) is 0 Å². The molecule has 1 heterocycles. The molecule has 0 radical (unpaired) electrons. The van der Waals surface area contributed by atoms with E-state index in [4.69, 9.17) is 9.47 Å². The Bertz CT molecular complexity index is 2590. The minimum Gasteiger partial charge on any atom is -0.744 e. The van der Waals surface area contributed by atoms with Gasteiger partial charge in [0, 0.05) is 22.0 Å². The van der Waals surface area contributed by atoms with E-state index >= 15 is 0 Å². The molecule has 0 aliphatic heterocycles. The number of nitrogens with one attached hydrogen (secondary N) is 1. The van der Waals surface area contributed by atoms with Gasteiger partial charge in [0.05, 0.1) is 15.9 Å². The minimum absolute atomic E-state index is 0. The number of ether oxygens (including phenoxy) is 2. The van der Waals surface area contributed by atoms with Crippen molar-refractivity contribution in [3.05, 3.63) is 157 Å². The van der Waals surface area contributed by atoms with Gasteiger partial charge in [-0.15, -0.1) is 0 Å². The topological polar surface area (TPSA) is 171 Å². The molecule has 0 aliphatic carbocycles. The van der Waals surface area contributed by atoms with Gasteiger partial charge in [0.2, 0.25) is 17.7 Å². The van der Waals surface area contributed by atoms with Crippen LogP contribution in [0.4, 0.5) is 11.6 Å². The Morgan fingerprint density at radius 1 is 0.528 bits per heavy atom. The van der Waals surface area contributed by atoms with E-state index in [0.717, 1.165) is 21.5 Å². The van der Waals surface area contributed by atoms with Crippen LogP contribution in [0.15, 0.2) is 146 Å². The normalized spacial score (nSPS) is 11.9. The first-order chi connectivity index (χ1) is 24.5. The van der Waals surface area contributed by atoms with Crippen LogP contribution < -0.4 is 73.9 Å². The van der Waals surface area contributed by atoms with Gasteiger partial charge in [-0.05, 0) is 34.5 Å². The summed E-state index contributed by atoms with van der Waals surface area (Å²) in [6.07, 6.45) is 0. The number of anilines is 2. The van der Waals surface area contributed by atoms with Crippen LogP contribution in [0.25, 0.3) is 31.4 Å². The van der Waals surface area contributed by atoms with Crippen LogP contribution in [0.2, 0.25) is 0 Å². The minimum atomic E-state index is -5.58. The Kier molecular flexibility index (Phi) is 12.8. The van der Waals surface area contributed by atoms with E-state index in [-0.39, 0.29) is 88.1 Å². The van der Waals surface area contributed by atoms with Gasteiger partial charge < -0.3 is 23.9 Å². The van der Waals surface area contributed by atoms with E-state index in [0.29, 0.717) is 11.5 Å². The first-order valence-electron chi connectivity index (χ1n) is 15.3. The first-order valence-corrected chi connectivity index (χ1v) is 18.1. The number of benzene rings is 6. The van der Waals surface area contributed by atoms with Gasteiger partial charge >= 0.3 is 59.1 Å². The molecule has 7 rings (SSSR count). The van der Waals surface area contributed by atoms with Crippen molar-refractivity contribution in [2.24, 2.45) is 0 Å². The SMILES string of the molecule is O=S(=O)([O-])C(=C(c1ccccc1Nc1nc(Oc2cccc3ccccc23)cc(Oc2cccc3ccccc23)n1)S(=O)(=O)[O-])c1ccccc1.[Na+].[Na+]. The van der Waals surface area contributed by atoms with Crippen LogP contribution in [0, 0.1) is 0 Å². The number of hydrogen-bond donors (Lipinski definition) is 1. The van der Waals surface area contributed by atoms with Crippen LogP contribution in [-0.4, -0.2) is 35.9 Å². The molecule has 0 fully saturated rings. The molecule has 0 saturated carbocycles. The second-order valence-electron chi connectivity index (χ2n) is 11.1. The Hall–Kier alpha value is -4.12. The van der Waals surface area contributed by atoms with Crippen LogP contribution in [0.1, 0.15) is 11.1 Å². The molecule has 0 bridgehead atoms. The van der Waals surface area contributed by atoms with E-state index in [1.54, 1.807) is 18.2 Å². The van der Waals surface area contributed by atoms with Crippen molar-refractivity contribution >= 4 is 63.2 Å². The average molecular weight is 762 g/mol. The van der Waals surface area contributed by atoms with Crippen molar-refractivity contribution in [1.82, 2.24) is 9.97 Å². The molecule has 1 N–H and O–H groups in total. The van der Waals surface area contributed by atoms with Gasteiger partial charge in [-0.1, -0.05) is 121 Å². The summed E-state index contributed by atoms with van der Waals surface area (Å²) >= 11 is 0. The van der Waals surface area contributed by atoms with E-state index < -0.39 is 35.6 Å². The molecule has 0 unspecified atom stereocenters. The van der Waals surface area contributed by atoms with Gasteiger partial charge in [-0.25, -0.2) is 16.8 Å². The molecule has 7 aromatic rings. The van der Waals surface area contributed by atoms with Crippen LogP contribution in [0.3, 0.4) is 0 Å². The zero-order valence-corrected chi connectivity index (χ0v) is 34.0. The fourth-order valence-electron chi connectivity index (χ4n) is 5.62. The zero-order valence-electron chi connectivity index (χ0n) is 28.3. The Morgan fingerprint density at radius 2 is 0.981 bits per heavy atom. The van der Waals surface area contributed by atoms with Crippen LogP contribution in [-0.2, 0) is 20.2 Å². The van der Waals surface area contributed by atoms with Gasteiger partial charge in [0.25, 0.3) is 0 Å². The molecule has 15 heteroatoms. The summed E-state index contributed by atoms with van der Waals surface area (Å²) in [6, 6.07) is 40.0. The summed E-state index contributed by atoms with van der Waals surface area (Å²) in [6.45, 7) is 0. The number of hydrogen-bond acceptors (Lipinski definition) is 11. The number of nitrogens with zero attached hydrogens (tertiary/aromatic N) is 2. The predicted molar refractivity (Wildman–Crippen MR) is 192 cm³/mol. The maximum Gasteiger partial charge on any atom is 1.00 e. The quantitative estimate of drug-likeness (QED) is 0.123. The molecule has 11 nitrogen and oxygen atoms in total. The van der Waals surface area contributed by atoms with Crippen LogP contribution >= 0.6 is 0 Å². The third kappa shape index (κ3) is 9.16. The summed E-state index contributed by atoms with van der Waals surface area (Å²) in [5.74, 6) is 0.867. The Balaban J connectivity index is 0.00000271. The summed E-state index contributed by atoms with van der Waals surface area (Å²) in [5.41, 5.74) is -0.766. The third-order valence-corrected chi connectivity index (χ3v) is 9.76. The summed E-state index contributed by atoms with van der Waals surface area (Å²) < 4.78 is 88.7. The maximum atomic E-state index is 12.8. The van der Waals surface area contributed by atoms with Crippen molar-refractivity contribution in [2.75, 3.05) is 5.32 Å². The van der Waals surface area contributed by atoms with Crippen molar-refractivity contribution in [3.8, 4) is 23.3 Å². The summed E-state index contributed by atoms with van der Waals surface area (Å²) in [5, 5.41) is 6.34. The molecule has 0 amide bonds. The van der Waals surface area contributed by atoms with Crippen LogP contribution in [0.5, 0.6) is 23.3 Å². The van der Waals surface area contributed by atoms with Gasteiger partial charge in [-0.3, -0.25) is 0 Å². The third-order valence-electron chi connectivity index (χ3n) is 7.77.